The predicted octanol–water partition coefficient (Wildman–Crippen LogP) is 2.13. The molecule has 1 aliphatic heterocycles. The van der Waals surface area contributed by atoms with Gasteiger partial charge in [-0.3, -0.25) is 0 Å². The predicted molar refractivity (Wildman–Crippen MR) is 80.9 cm³/mol. The van der Waals surface area contributed by atoms with Crippen LogP contribution in [0.2, 0.25) is 0 Å². The van der Waals surface area contributed by atoms with Crippen molar-refractivity contribution in [1.82, 2.24) is 19.7 Å². The number of hydrogen-bond donors (Lipinski definition) is 0. The van der Waals surface area contributed by atoms with E-state index in [2.05, 4.69) is 49.7 Å². The topological polar surface area (TPSA) is 56.1 Å². The van der Waals surface area contributed by atoms with Crippen LogP contribution in [0.3, 0.4) is 0 Å². The van der Waals surface area contributed by atoms with Gasteiger partial charge in [0.05, 0.1) is 17.6 Å². The molecule has 1 aliphatic rings. The van der Waals surface area contributed by atoms with Gasteiger partial charge in [0.1, 0.15) is 16.7 Å². The highest BCUT2D eigenvalue weighted by Crippen LogP contribution is 2.32. The molecular weight excluding hydrogens is 322 g/mol. The Kier molecular flexibility index (Phi) is 3.41. The van der Waals surface area contributed by atoms with Crippen molar-refractivity contribution in [2.24, 2.45) is 7.05 Å². The minimum Gasteiger partial charge on any atom is -0.372 e. The molecule has 0 amide bonds. The molecule has 0 aliphatic carbocycles. The summed E-state index contributed by atoms with van der Waals surface area (Å²) in [6, 6.07) is 0. The maximum Gasteiger partial charge on any atom is 0.164 e. The number of halogens is 1. The highest BCUT2D eigenvalue weighted by molar-refractivity contribution is 9.10. The van der Waals surface area contributed by atoms with E-state index in [1.807, 2.05) is 7.05 Å². The smallest absolute Gasteiger partial charge is 0.164 e. The third-order valence-electron chi connectivity index (χ3n) is 3.94. The van der Waals surface area contributed by atoms with Gasteiger partial charge in [-0.1, -0.05) is 6.92 Å². The number of aryl methyl sites for hydroxylation is 1. The first-order chi connectivity index (χ1) is 9.54. The van der Waals surface area contributed by atoms with Crippen molar-refractivity contribution in [1.29, 1.82) is 0 Å². The molecule has 3 heterocycles. The Hall–Kier alpha value is -1.21. The molecule has 0 N–H and O–H groups in total. The molecule has 2 aromatic heterocycles. The van der Waals surface area contributed by atoms with Gasteiger partial charge in [0, 0.05) is 20.1 Å². The maximum atomic E-state index is 5.90. The van der Waals surface area contributed by atoms with Crippen LogP contribution in [0, 0.1) is 0 Å². The van der Waals surface area contributed by atoms with Crippen LogP contribution in [-0.2, 0) is 11.8 Å². The van der Waals surface area contributed by atoms with E-state index in [1.165, 1.54) is 0 Å². The minimum absolute atomic E-state index is 0.121. The Morgan fingerprint density at radius 1 is 1.45 bits per heavy atom. The van der Waals surface area contributed by atoms with E-state index in [0.717, 1.165) is 41.0 Å². The average Bonchev–Trinajstić information content (AvgIpc) is 2.74. The van der Waals surface area contributed by atoms with Crippen LogP contribution in [0.25, 0.3) is 11.0 Å². The number of rotatable bonds is 2. The average molecular weight is 340 g/mol. The van der Waals surface area contributed by atoms with Gasteiger partial charge in [-0.25, -0.2) is 14.6 Å². The Balaban J connectivity index is 2.06. The van der Waals surface area contributed by atoms with Crippen molar-refractivity contribution < 1.29 is 4.74 Å². The summed E-state index contributed by atoms with van der Waals surface area (Å²) < 4.78 is 8.45. The standard InChI is InChI=1S/C13H18BrN5O/c1-4-13(2)7-19(5-6-20-13)12-9-10(14)17-18(3)11(9)15-8-16-12/h8H,4-7H2,1-3H3. The van der Waals surface area contributed by atoms with E-state index < -0.39 is 0 Å². The fourth-order valence-electron chi connectivity index (χ4n) is 2.59. The third kappa shape index (κ3) is 2.18. The van der Waals surface area contributed by atoms with Crippen LogP contribution in [0.15, 0.2) is 10.9 Å². The lowest BCUT2D eigenvalue weighted by Crippen LogP contribution is -2.50. The molecule has 108 valence electrons. The van der Waals surface area contributed by atoms with E-state index in [-0.39, 0.29) is 5.60 Å². The van der Waals surface area contributed by atoms with Crippen molar-refractivity contribution >= 4 is 32.8 Å². The molecule has 1 saturated heterocycles. The monoisotopic (exact) mass is 339 g/mol. The number of morpholine rings is 1. The van der Waals surface area contributed by atoms with Crippen molar-refractivity contribution in [3.05, 3.63) is 10.9 Å². The number of nitrogens with zero attached hydrogens (tertiary/aromatic N) is 5. The molecule has 0 aromatic carbocycles. The van der Waals surface area contributed by atoms with E-state index in [4.69, 9.17) is 4.74 Å². The molecule has 0 saturated carbocycles. The fraction of sp³-hybridized carbons (Fsp3) is 0.615. The van der Waals surface area contributed by atoms with E-state index >= 15 is 0 Å². The summed E-state index contributed by atoms with van der Waals surface area (Å²) in [6.07, 6.45) is 2.58. The number of fused-ring (bicyclic) bond motifs is 1. The van der Waals surface area contributed by atoms with E-state index in [1.54, 1.807) is 11.0 Å². The molecule has 0 radical (unpaired) electrons. The van der Waals surface area contributed by atoms with Gasteiger partial charge in [0.2, 0.25) is 0 Å². The quantitative estimate of drug-likeness (QED) is 0.838. The summed E-state index contributed by atoms with van der Waals surface area (Å²) in [6.45, 7) is 6.68. The zero-order chi connectivity index (χ0) is 14.3. The number of ether oxygens (including phenoxy) is 1. The van der Waals surface area contributed by atoms with Gasteiger partial charge in [-0.05, 0) is 29.3 Å². The molecule has 20 heavy (non-hydrogen) atoms. The highest BCUT2D eigenvalue weighted by Gasteiger charge is 2.32. The SMILES string of the molecule is CCC1(C)CN(c2ncnc3c2c(Br)nn3C)CCO1. The van der Waals surface area contributed by atoms with Gasteiger partial charge >= 0.3 is 0 Å². The van der Waals surface area contributed by atoms with Crippen LogP contribution < -0.4 is 4.90 Å². The number of anilines is 1. The first-order valence-electron chi connectivity index (χ1n) is 6.76. The second-order valence-electron chi connectivity index (χ2n) is 5.38. The summed E-state index contributed by atoms with van der Waals surface area (Å²) in [5.74, 6) is 0.929. The van der Waals surface area contributed by atoms with E-state index in [0.29, 0.717) is 6.61 Å². The number of aromatic nitrogens is 4. The molecule has 1 fully saturated rings. The van der Waals surface area contributed by atoms with Crippen LogP contribution in [-0.4, -0.2) is 45.0 Å². The summed E-state index contributed by atoms with van der Waals surface area (Å²) in [5.41, 5.74) is 0.719. The lowest BCUT2D eigenvalue weighted by molar-refractivity contribution is -0.0442. The van der Waals surface area contributed by atoms with Crippen molar-refractivity contribution in [3.8, 4) is 0 Å². The van der Waals surface area contributed by atoms with Crippen LogP contribution in [0.4, 0.5) is 5.82 Å². The lowest BCUT2D eigenvalue weighted by atomic mass is 10.0. The molecule has 0 spiro atoms. The van der Waals surface area contributed by atoms with Gasteiger partial charge in [0.25, 0.3) is 0 Å². The zero-order valence-corrected chi connectivity index (χ0v) is 13.5. The Bertz CT molecular complexity index is 643. The van der Waals surface area contributed by atoms with Gasteiger partial charge in [0.15, 0.2) is 5.65 Å². The Morgan fingerprint density at radius 3 is 3.00 bits per heavy atom. The third-order valence-corrected chi connectivity index (χ3v) is 4.50. The summed E-state index contributed by atoms with van der Waals surface area (Å²) in [4.78, 5) is 11.1. The Morgan fingerprint density at radius 2 is 2.25 bits per heavy atom. The Labute approximate surface area is 126 Å². The highest BCUT2D eigenvalue weighted by atomic mass is 79.9. The molecule has 1 unspecified atom stereocenters. The van der Waals surface area contributed by atoms with Gasteiger partial charge < -0.3 is 9.64 Å². The zero-order valence-electron chi connectivity index (χ0n) is 11.9. The normalized spacial score (nSPS) is 23.5. The second-order valence-corrected chi connectivity index (χ2v) is 6.13. The number of hydrogen-bond acceptors (Lipinski definition) is 5. The summed E-state index contributed by atoms with van der Waals surface area (Å²) in [7, 11) is 1.89. The molecule has 6 nitrogen and oxygen atoms in total. The first-order valence-corrected chi connectivity index (χ1v) is 7.55. The minimum atomic E-state index is -0.121. The molecule has 2 aromatic rings. The van der Waals surface area contributed by atoms with Crippen molar-refractivity contribution in [2.75, 3.05) is 24.6 Å². The van der Waals surface area contributed by atoms with Gasteiger partial charge in [-0.2, -0.15) is 5.10 Å². The molecule has 0 bridgehead atoms. The molecule has 3 rings (SSSR count). The largest absolute Gasteiger partial charge is 0.372 e. The van der Waals surface area contributed by atoms with Gasteiger partial charge in [-0.15, -0.1) is 0 Å². The van der Waals surface area contributed by atoms with Crippen LogP contribution in [0.1, 0.15) is 20.3 Å². The second kappa shape index (κ2) is 4.96. The summed E-state index contributed by atoms with van der Waals surface area (Å²) >= 11 is 3.51. The lowest BCUT2D eigenvalue weighted by Gasteiger charge is -2.40. The van der Waals surface area contributed by atoms with Crippen LogP contribution in [0.5, 0.6) is 0 Å². The van der Waals surface area contributed by atoms with Crippen molar-refractivity contribution in [2.45, 2.75) is 25.9 Å². The van der Waals surface area contributed by atoms with Crippen molar-refractivity contribution in [3.63, 3.8) is 0 Å². The first kappa shape index (κ1) is 13.8. The fourth-order valence-corrected chi connectivity index (χ4v) is 3.18. The van der Waals surface area contributed by atoms with Crippen LogP contribution >= 0.6 is 15.9 Å². The van der Waals surface area contributed by atoms with E-state index in [9.17, 15) is 0 Å². The maximum absolute atomic E-state index is 5.90. The molecule has 1 atom stereocenters. The molecule has 7 heteroatoms. The summed E-state index contributed by atoms with van der Waals surface area (Å²) in [5, 5.41) is 5.34. The molecular formula is C13H18BrN5O.